The van der Waals surface area contributed by atoms with Gasteiger partial charge < -0.3 is 24.6 Å². The van der Waals surface area contributed by atoms with Gasteiger partial charge in [0.2, 0.25) is 6.17 Å². The highest BCUT2D eigenvalue weighted by molar-refractivity contribution is 7.16. The standard InChI is InChI=1S/C31H34F2N4O4.CH3F2P/c1-3-5-9-28-34-20-24(37(28)10-4-2)16-21-7-6-8-22(15-21)17-27(31(39)40)35-30(38)29-25(32)18-23(19-26(29)33)36-11-13-41-14-12-36;2-1(3)4/h4-10,15,18-20,27H,3,11-14,16-17H2,1-2H3,(H,35,38)(H,39,40);1H,4H2/b9-5+,10-4-;. The second kappa shape index (κ2) is 17.5. The molecule has 2 atom stereocenters. The first kappa shape index (κ1) is 35.5. The van der Waals surface area contributed by atoms with Crippen LogP contribution in [0.5, 0.6) is 0 Å². The van der Waals surface area contributed by atoms with Crippen molar-refractivity contribution in [2.75, 3.05) is 31.2 Å². The maximum Gasteiger partial charge on any atom is 0.326 e. The second-order valence-electron chi connectivity index (χ2n) is 10.1. The van der Waals surface area contributed by atoms with Crippen LogP contribution in [0.3, 0.4) is 0 Å². The number of morpholine rings is 1. The molecule has 1 saturated heterocycles. The lowest BCUT2D eigenvalue weighted by molar-refractivity contribution is -0.139. The number of amides is 1. The summed E-state index contributed by atoms with van der Waals surface area (Å²) in [6, 6.07) is 8.12. The molecule has 45 heavy (non-hydrogen) atoms. The van der Waals surface area contributed by atoms with Gasteiger partial charge in [0.25, 0.3) is 5.91 Å². The lowest BCUT2D eigenvalue weighted by Crippen LogP contribution is -2.43. The Morgan fingerprint density at radius 2 is 1.78 bits per heavy atom. The molecule has 1 aliphatic rings. The summed E-state index contributed by atoms with van der Waals surface area (Å²) in [6.45, 7) is 5.79. The van der Waals surface area contributed by atoms with Crippen molar-refractivity contribution in [3.63, 3.8) is 0 Å². The lowest BCUT2D eigenvalue weighted by Gasteiger charge is -2.29. The van der Waals surface area contributed by atoms with Crippen molar-refractivity contribution in [1.29, 1.82) is 0 Å². The van der Waals surface area contributed by atoms with Gasteiger partial charge in [0.05, 0.1) is 13.2 Å². The molecule has 13 heteroatoms. The third-order valence-corrected chi connectivity index (χ3v) is 6.75. The molecule has 3 aromatic rings. The number of carbonyl (C=O) groups is 2. The number of imidazole rings is 1. The molecule has 1 fully saturated rings. The molecule has 2 heterocycles. The van der Waals surface area contributed by atoms with Gasteiger partial charge in [-0.05, 0) is 42.7 Å². The molecule has 0 saturated carbocycles. The number of hydrogen-bond acceptors (Lipinski definition) is 5. The molecule has 4 rings (SSSR count). The molecule has 0 bridgehead atoms. The van der Waals surface area contributed by atoms with E-state index < -0.39 is 41.3 Å². The van der Waals surface area contributed by atoms with E-state index in [0.717, 1.165) is 35.6 Å². The molecular weight excluding hydrogens is 611 g/mol. The van der Waals surface area contributed by atoms with Gasteiger partial charge in [0.15, 0.2) is 0 Å². The molecule has 1 aromatic heterocycles. The van der Waals surface area contributed by atoms with E-state index >= 15 is 0 Å². The fraction of sp³-hybridized carbons (Fsp3) is 0.344. The van der Waals surface area contributed by atoms with Gasteiger partial charge in [-0.25, -0.2) is 27.3 Å². The summed E-state index contributed by atoms with van der Waals surface area (Å²) in [7, 11) is 1.32. The highest BCUT2D eigenvalue weighted by Gasteiger charge is 2.26. The van der Waals surface area contributed by atoms with E-state index in [1.54, 1.807) is 17.2 Å². The van der Waals surface area contributed by atoms with Gasteiger partial charge in [-0.2, -0.15) is 0 Å². The first-order chi connectivity index (χ1) is 21.5. The van der Waals surface area contributed by atoms with Crippen LogP contribution in [0.15, 0.2) is 54.7 Å². The predicted octanol–water partition coefficient (Wildman–Crippen LogP) is 6.01. The number of alkyl halides is 2. The average molecular weight is 649 g/mol. The zero-order valence-corrected chi connectivity index (χ0v) is 26.2. The smallest absolute Gasteiger partial charge is 0.326 e. The number of ether oxygens (including phenoxy) is 1. The minimum Gasteiger partial charge on any atom is -0.480 e. The largest absolute Gasteiger partial charge is 0.480 e. The van der Waals surface area contributed by atoms with Crippen molar-refractivity contribution in [1.82, 2.24) is 14.9 Å². The molecule has 0 radical (unpaired) electrons. The number of benzene rings is 2. The van der Waals surface area contributed by atoms with Crippen LogP contribution in [-0.2, 0) is 22.4 Å². The maximum absolute atomic E-state index is 14.9. The van der Waals surface area contributed by atoms with Crippen molar-refractivity contribution < 1.29 is 37.0 Å². The van der Waals surface area contributed by atoms with Crippen molar-refractivity contribution in [3.8, 4) is 0 Å². The molecule has 2 aromatic carbocycles. The van der Waals surface area contributed by atoms with Gasteiger partial charge in [0.1, 0.15) is 29.1 Å². The number of hydrogen-bond donors (Lipinski definition) is 2. The number of anilines is 1. The predicted molar refractivity (Wildman–Crippen MR) is 170 cm³/mol. The number of carbonyl (C=O) groups excluding carboxylic acids is 1. The monoisotopic (exact) mass is 648 g/mol. The SMILES string of the molecule is C/C=C\n1c(Cc2cccc(CC(NC(=O)c3c(F)cc(N4CCOCC4)cc3F)C(=O)O)c2)cnc1/C=C/CC.FC(F)P. The molecule has 2 N–H and O–H groups in total. The summed E-state index contributed by atoms with van der Waals surface area (Å²) < 4.78 is 57.6. The van der Waals surface area contributed by atoms with E-state index in [1.807, 2.05) is 61.0 Å². The van der Waals surface area contributed by atoms with Crippen molar-refractivity contribution >= 4 is 39.1 Å². The average Bonchev–Trinajstić information content (AvgIpc) is 3.36. The molecule has 0 aliphatic carbocycles. The Hall–Kier alpha value is -4.02. The third kappa shape index (κ3) is 10.5. The quantitative estimate of drug-likeness (QED) is 0.195. The summed E-state index contributed by atoms with van der Waals surface area (Å²) in [5, 5.41) is 12.1. The Kier molecular flexibility index (Phi) is 13.8. The second-order valence-corrected chi connectivity index (χ2v) is 10.6. The van der Waals surface area contributed by atoms with Crippen LogP contribution in [0, 0.1) is 11.6 Å². The summed E-state index contributed by atoms with van der Waals surface area (Å²) in [6.07, 6.45) is 8.77. The van der Waals surface area contributed by atoms with Crippen LogP contribution >= 0.6 is 9.24 Å². The summed E-state index contributed by atoms with van der Waals surface area (Å²) >= 11 is 0. The molecule has 1 amide bonds. The van der Waals surface area contributed by atoms with Gasteiger partial charge in [-0.1, -0.05) is 52.6 Å². The van der Waals surface area contributed by atoms with E-state index in [9.17, 15) is 32.3 Å². The fourth-order valence-corrected chi connectivity index (χ4v) is 4.73. The molecular formula is C32H37F4N4O4P. The molecule has 0 spiro atoms. The Morgan fingerprint density at radius 3 is 2.38 bits per heavy atom. The Labute approximate surface area is 262 Å². The third-order valence-electron chi connectivity index (χ3n) is 6.75. The number of nitrogens with zero attached hydrogens (tertiary/aromatic N) is 3. The van der Waals surface area contributed by atoms with Crippen LogP contribution < -0.4 is 10.2 Å². The number of rotatable bonds is 11. The van der Waals surface area contributed by atoms with Crippen LogP contribution in [0.1, 0.15) is 53.3 Å². The van der Waals surface area contributed by atoms with Crippen molar-refractivity contribution in [2.45, 2.75) is 45.3 Å². The van der Waals surface area contributed by atoms with Crippen molar-refractivity contribution in [3.05, 3.63) is 94.6 Å². The number of aromatic nitrogens is 2. The fourth-order valence-electron chi connectivity index (χ4n) is 4.73. The van der Waals surface area contributed by atoms with E-state index in [0.29, 0.717) is 44.0 Å². The highest BCUT2D eigenvalue weighted by Crippen LogP contribution is 2.24. The Bertz CT molecular complexity index is 1480. The van der Waals surface area contributed by atoms with E-state index in [-0.39, 0.29) is 6.42 Å². The number of carboxylic acids is 1. The molecule has 2 unspecified atom stereocenters. The molecule has 8 nitrogen and oxygen atoms in total. The first-order valence-corrected chi connectivity index (χ1v) is 15.0. The van der Waals surface area contributed by atoms with E-state index in [2.05, 4.69) is 10.3 Å². The van der Waals surface area contributed by atoms with E-state index in [1.165, 1.54) is 9.24 Å². The van der Waals surface area contributed by atoms with Crippen LogP contribution in [0.25, 0.3) is 12.3 Å². The van der Waals surface area contributed by atoms with Crippen LogP contribution in [0.4, 0.5) is 23.2 Å². The topological polar surface area (TPSA) is 96.7 Å². The minimum absolute atomic E-state index is 0.0668. The van der Waals surface area contributed by atoms with Gasteiger partial charge in [-0.15, -0.1) is 0 Å². The summed E-state index contributed by atoms with van der Waals surface area (Å²) in [5.74, 6) is -3.74. The zero-order valence-electron chi connectivity index (χ0n) is 25.1. The first-order valence-electron chi connectivity index (χ1n) is 14.4. The van der Waals surface area contributed by atoms with Gasteiger partial charge in [-0.3, -0.25) is 4.79 Å². The molecule has 1 aliphatic heterocycles. The normalized spacial score (nSPS) is 14.1. The number of nitrogens with one attached hydrogen (secondary N) is 1. The number of aliphatic carboxylic acids is 1. The number of halogens is 4. The van der Waals surface area contributed by atoms with Crippen LogP contribution in [0.2, 0.25) is 0 Å². The summed E-state index contributed by atoms with van der Waals surface area (Å²) in [4.78, 5) is 31.2. The zero-order chi connectivity index (χ0) is 32.9. The van der Waals surface area contributed by atoms with Gasteiger partial charge >= 0.3 is 5.97 Å². The highest BCUT2D eigenvalue weighted by atomic mass is 31.0. The minimum atomic E-state index is -2.25. The lowest BCUT2D eigenvalue weighted by atomic mass is 10.0. The van der Waals surface area contributed by atoms with Crippen LogP contribution in [-0.4, -0.2) is 65.0 Å². The molecule has 242 valence electrons. The Morgan fingerprint density at radius 1 is 1.13 bits per heavy atom. The number of carboxylic acid groups (broad SMARTS) is 1. The van der Waals surface area contributed by atoms with Gasteiger partial charge in [0, 0.05) is 49.7 Å². The Balaban J connectivity index is 0.00000130. The van der Waals surface area contributed by atoms with E-state index in [4.69, 9.17) is 4.74 Å². The number of allylic oxidation sites excluding steroid dienone is 2. The summed E-state index contributed by atoms with van der Waals surface area (Å²) in [5.41, 5.74) is 2.01. The van der Waals surface area contributed by atoms with Crippen molar-refractivity contribution in [2.24, 2.45) is 0 Å². The maximum atomic E-state index is 14.9.